The van der Waals surface area contributed by atoms with Gasteiger partial charge < -0.3 is 10.2 Å². The molecule has 9 heteroatoms. The van der Waals surface area contributed by atoms with Crippen LogP contribution in [0.4, 0.5) is 11.4 Å². The molecule has 2 aromatic rings. The predicted octanol–water partition coefficient (Wildman–Crippen LogP) is 3.48. The summed E-state index contributed by atoms with van der Waals surface area (Å²) in [6.07, 6.45) is 3.52. The Hall–Kier alpha value is -2.58. The molecule has 2 aromatic carbocycles. The van der Waals surface area contributed by atoms with Crippen molar-refractivity contribution < 1.29 is 18.0 Å². The van der Waals surface area contributed by atoms with Crippen LogP contribution in [0.15, 0.2) is 42.5 Å². The predicted molar refractivity (Wildman–Crippen MR) is 114 cm³/mol. The molecule has 2 N–H and O–H groups in total. The average molecular weight is 436 g/mol. The lowest BCUT2D eigenvalue weighted by molar-refractivity contribution is -0.133. The summed E-state index contributed by atoms with van der Waals surface area (Å²) in [7, 11) is -3.52. The SMILES string of the molecule is CS(=O)(=O)Nc1cc(C(=O)Nc2cccc(CN3CCCCC3=O)c2)ccc1Cl. The molecule has 0 saturated carbocycles. The molecule has 1 fully saturated rings. The highest BCUT2D eigenvalue weighted by molar-refractivity contribution is 7.92. The zero-order chi connectivity index (χ0) is 21.0. The molecule has 1 aliphatic heterocycles. The Labute approximate surface area is 175 Å². The van der Waals surface area contributed by atoms with Crippen LogP contribution in [0.5, 0.6) is 0 Å². The van der Waals surface area contributed by atoms with E-state index in [4.69, 9.17) is 11.6 Å². The van der Waals surface area contributed by atoms with Gasteiger partial charge in [-0.1, -0.05) is 23.7 Å². The number of sulfonamides is 1. The summed E-state index contributed by atoms with van der Waals surface area (Å²) in [5.74, 6) is -0.248. The van der Waals surface area contributed by atoms with E-state index in [0.29, 0.717) is 18.7 Å². The van der Waals surface area contributed by atoms with Crippen LogP contribution >= 0.6 is 11.6 Å². The maximum Gasteiger partial charge on any atom is 0.255 e. The van der Waals surface area contributed by atoms with E-state index in [2.05, 4.69) is 10.0 Å². The van der Waals surface area contributed by atoms with E-state index in [1.807, 2.05) is 23.1 Å². The fourth-order valence-corrected chi connectivity index (χ4v) is 3.93. The van der Waals surface area contributed by atoms with E-state index in [0.717, 1.165) is 31.2 Å². The molecule has 0 aliphatic carbocycles. The minimum atomic E-state index is -3.52. The second-order valence-corrected chi connectivity index (χ2v) is 9.15. The van der Waals surface area contributed by atoms with E-state index >= 15 is 0 Å². The van der Waals surface area contributed by atoms with E-state index in [1.54, 1.807) is 6.07 Å². The third-order valence-corrected chi connectivity index (χ3v) is 5.42. The number of amides is 2. The minimum absolute atomic E-state index is 0.138. The van der Waals surface area contributed by atoms with Crippen LogP contribution in [-0.2, 0) is 21.4 Å². The summed E-state index contributed by atoms with van der Waals surface area (Å²) < 4.78 is 25.2. The first-order valence-corrected chi connectivity index (χ1v) is 11.4. The number of halogens is 1. The molecule has 29 heavy (non-hydrogen) atoms. The monoisotopic (exact) mass is 435 g/mol. The van der Waals surface area contributed by atoms with Crippen molar-refractivity contribution in [2.75, 3.05) is 22.8 Å². The van der Waals surface area contributed by atoms with Gasteiger partial charge >= 0.3 is 0 Å². The van der Waals surface area contributed by atoms with Gasteiger partial charge in [-0.2, -0.15) is 0 Å². The van der Waals surface area contributed by atoms with Gasteiger partial charge in [0.15, 0.2) is 0 Å². The van der Waals surface area contributed by atoms with Crippen molar-refractivity contribution in [1.82, 2.24) is 4.90 Å². The molecule has 154 valence electrons. The Bertz CT molecular complexity index is 1040. The normalized spacial score (nSPS) is 14.6. The standard InChI is InChI=1S/C20H22ClN3O4S/c1-29(27,28)23-18-12-15(8-9-17(18)21)20(26)22-16-6-4-5-14(11-16)13-24-10-3-2-7-19(24)25/h4-6,8-9,11-12,23H,2-3,7,10,13H2,1H3,(H,22,26). The average Bonchev–Trinajstić information content (AvgIpc) is 2.64. The third-order valence-electron chi connectivity index (χ3n) is 4.50. The van der Waals surface area contributed by atoms with Gasteiger partial charge in [0.25, 0.3) is 5.91 Å². The number of rotatable bonds is 6. The summed E-state index contributed by atoms with van der Waals surface area (Å²) in [4.78, 5) is 26.4. The summed E-state index contributed by atoms with van der Waals surface area (Å²) in [6, 6.07) is 11.7. The smallest absolute Gasteiger partial charge is 0.255 e. The molecule has 2 amide bonds. The Morgan fingerprint density at radius 1 is 1.17 bits per heavy atom. The van der Waals surface area contributed by atoms with Gasteiger partial charge in [-0.3, -0.25) is 14.3 Å². The fraction of sp³-hybridized carbons (Fsp3) is 0.300. The van der Waals surface area contributed by atoms with Gasteiger partial charge in [0.05, 0.1) is 17.0 Å². The maximum atomic E-state index is 12.6. The van der Waals surface area contributed by atoms with Gasteiger partial charge in [-0.15, -0.1) is 0 Å². The van der Waals surface area contributed by atoms with Crippen LogP contribution in [0.3, 0.4) is 0 Å². The Morgan fingerprint density at radius 2 is 1.97 bits per heavy atom. The van der Waals surface area contributed by atoms with E-state index < -0.39 is 15.9 Å². The molecule has 0 bridgehead atoms. The largest absolute Gasteiger partial charge is 0.338 e. The first kappa shape index (κ1) is 21.1. The lowest BCUT2D eigenvalue weighted by Gasteiger charge is -2.26. The number of benzene rings is 2. The van der Waals surface area contributed by atoms with E-state index in [9.17, 15) is 18.0 Å². The molecule has 7 nitrogen and oxygen atoms in total. The van der Waals surface area contributed by atoms with Crippen molar-refractivity contribution in [2.45, 2.75) is 25.8 Å². The Morgan fingerprint density at radius 3 is 2.69 bits per heavy atom. The van der Waals surface area contributed by atoms with Crippen LogP contribution in [0.1, 0.15) is 35.2 Å². The van der Waals surface area contributed by atoms with Gasteiger partial charge in [-0.25, -0.2) is 8.42 Å². The first-order valence-electron chi connectivity index (χ1n) is 9.17. The second kappa shape index (κ2) is 8.84. The number of carbonyl (C=O) groups excluding carboxylic acids is 2. The highest BCUT2D eigenvalue weighted by Crippen LogP contribution is 2.25. The molecular weight excluding hydrogens is 414 g/mol. The topological polar surface area (TPSA) is 95.6 Å². The Kier molecular flexibility index (Phi) is 6.44. The van der Waals surface area contributed by atoms with Gasteiger partial charge in [0.1, 0.15) is 0 Å². The number of hydrogen-bond donors (Lipinski definition) is 2. The lowest BCUT2D eigenvalue weighted by Crippen LogP contribution is -2.34. The molecule has 1 heterocycles. The van der Waals surface area contributed by atoms with Crippen molar-refractivity contribution in [1.29, 1.82) is 0 Å². The van der Waals surface area contributed by atoms with Gasteiger partial charge in [0.2, 0.25) is 15.9 Å². The maximum absolute atomic E-state index is 12.6. The van der Waals surface area contributed by atoms with Crippen LogP contribution in [-0.4, -0.2) is 37.9 Å². The van der Waals surface area contributed by atoms with E-state index in [-0.39, 0.29) is 22.2 Å². The minimum Gasteiger partial charge on any atom is -0.338 e. The summed E-state index contributed by atoms with van der Waals surface area (Å²) >= 11 is 6.00. The van der Waals surface area contributed by atoms with Crippen LogP contribution in [0.25, 0.3) is 0 Å². The number of piperidine rings is 1. The van der Waals surface area contributed by atoms with Crippen LogP contribution in [0.2, 0.25) is 5.02 Å². The van der Waals surface area contributed by atoms with Crippen molar-refractivity contribution in [3.05, 3.63) is 58.6 Å². The molecule has 0 spiro atoms. The van der Waals surface area contributed by atoms with Gasteiger partial charge in [-0.05, 0) is 48.7 Å². The van der Waals surface area contributed by atoms with Crippen LogP contribution < -0.4 is 10.0 Å². The molecule has 0 unspecified atom stereocenters. The molecule has 1 aliphatic rings. The second-order valence-electron chi connectivity index (χ2n) is 7.00. The lowest BCUT2D eigenvalue weighted by atomic mass is 10.1. The summed E-state index contributed by atoms with van der Waals surface area (Å²) in [5.41, 5.74) is 1.91. The van der Waals surface area contributed by atoms with E-state index in [1.165, 1.54) is 18.2 Å². The number of anilines is 2. The summed E-state index contributed by atoms with van der Waals surface area (Å²) in [6.45, 7) is 1.25. The van der Waals surface area contributed by atoms with Crippen molar-refractivity contribution in [2.24, 2.45) is 0 Å². The molecular formula is C20H22ClN3O4S. The molecule has 0 radical (unpaired) electrons. The highest BCUT2D eigenvalue weighted by atomic mass is 35.5. The quantitative estimate of drug-likeness (QED) is 0.726. The zero-order valence-corrected chi connectivity index (χ0v) is 17.5. The highest BCUT2D eigenvalue weighted by Gasteiger charge is 2.18. The molecule has 1 saturated heterocycles. The zero-order valence-electron chi connectivity index (χ0n) is 15.9. The number of nitrogens with one attached hydrogen (secondary N) is 2. The number of carbonyl (C=O) groups is 2. The van der Waals surface area contributed by atoms with Gasteiger partial charge in [0, 0.05) is 30.8 Å². The number of nitrogens with zero attached hydrogens (tertiary/aromatic N) is 1. The third kappa shape index (κ3) is 5.95. The molecule has 0 atom stereocenters. The van der Waals surface area contributed by atoms with Crippen molar-refractivity contribution >= 4 is 44.8 Å². The van der Waals surface area contributed by atoms with Crippen LogP contribution in [0, 0.1) is 0 Å². The van der Waals surface area contributed by atoms with Crippen molar-refractivity contribution in [3.8, 4) is 0 Å². The Balaban J connectivity index is 1.72. The number of hydrogen-bond acceptors (Lipinski definition) is 4. The molecule has 3 rings (SSSR count). The summed E-state index contributed by atoms with van der Waals surface area (Å²) in [5, 5.41) is 2.99. The molecule has 0 aromatic heterocycles. The first-order chi connectivity index (χ1) is 13.7. The fourth-order valence-electron chi connectivity index (χ4n) is 3.14. The van der Waals surface area contributed by atoms with Crippen molar-refractivity contribution in [3.63, 3.8) is 0 Å². The number of likely N-dealkylation sites (tertiary alicyclic amines) is 1.